The Morgan fingerprint density at radius 3 is 1.90 bits per heavy atom. The monoisotopic (exact) mass is 273 g/mol. The van der Waals surface area contributed by atoms with E-state index in [0.717, 1.165) is 11.3 Å². The number of nitrogens with two attached hydrogens (primary N) is 1. The molecule has 2 N–H and O–H groups in total. The molecule has 0 unspecified atom stereocenters. The van der Waals surface area contributed by atoms with E-state index >= 15 is 0 Å². The maximum Gasteiger partial charge on any atom is 0.109 e. The van der Waals surface area contributed by atoms with Crippen LogP contribution in [-0.4, -0.2) is 0 Å². The van der Waals surface area contributed by atoms with Crippen molar-refractivity contribution in [2.24, 2.45) is 10.2 Å². The van der Waals surface area contributed by atoms with Crippen LogP contribution >= 0.6 is 0 Å². The predicted octanol–water partition coefficient (Wildman–Crippen LogP) is 5.35. The Kier molecular flexibility index (Phi) is 3.74. The van der Waals surface area contributed by atoms with Crippen LogP contribution in [0.1, 0.15) is 0 Å². The summed E-state index contributed by atoms with van der Waals surface area (Å²) in [7, 11) is 0. The van der Waals surface area contributed by atoms with Gasteiger partial charge in [0.1, 0.15) is 5.69 Å². The summed E-state index contributed by atoms with van der Waals surface area (Å²) >= 11 is 0. The summed E-state index contributed by atoms with van der Waals surface area (Å²) in [6, 6.07) is 25.6. The number of azo groups is 1. The zero-order chi connectivity index (χ0) is 14.5. The molecule has 0 bridgehead atoms. The van der Waals surface area contributed by atoms with Crippen molar-refractivity contribution in [2.45, 2.75) is 0 Å². The summed E-state index contributed by atoms with van der Waals surface area (Å²) < 4.78 is 0. The third kappa shape index (κ3) is 3.15. The van der Waals surface area contributed by atoms with Gasteiger partial charge in [-0.2, -0.15) is 5.11 Å². The van der Waals surface area contributed by atoms with Gasteiger partial charge in [0.05, 0.1) is 11.4 Å². The summed E-state index contributed by atoms with van der Waals surface area (Å²) in [6.07, 6.45) is 0. The molecule has 0 aromatic heterocycles. The van der Waals surface area contributed by atoms with E-state index < -0.39 is 0 Å². The van der Waals surface area contributed by atoms with Crippen LogP contribution in [0.2, 0.25) is 0 Å². The van der Waals surface area contributed by atoms with E-state index in [1.165, 1.54) is 5.56 Å². The van der Waals surface area contributed by atoms with Gasteiger partial charge in [-0.05, 0) is 35.4 Å². The third-order valence-corrected chi connectivity index (χ3v) is 3.18. The zero-order valence-corrected chi connectivity index (χ0v) is 11.5. The van der Waals surface area contributed by atoms with Gasteiger partial charge in [0, 0.05) is 0 Å². The van der Waals surface area contributed by atoms with E-state index in [9.17, 15) is 0 Å². The first-order valence-electron chi connectivity index (χ1n) is 6.75. The average Bonchev–Trinajstić information content (AvgIpc) is 2.55. The van der Waals surface area contributed by atoms with Crippen LogP contribution in [0, 0.1) is 0 Å². The molecule has 0 saturated carbocycles. The van der Waals surface area contributed by atoms with Crippen molar-refractivity contribution in [3.05, 3.63) is 78.9 Å². The molecule has 0 saturated heterocycles. The van der Waals surface area contributed by atoms with Crippen molar-refractivity contribution in [1.29, 1.82) is 0 Å². The van der Waals surface area contributed by atoms with Crippen LogP contribution in [0.4, 0.5) is 17.1 Å². The van der Waals surface area contributed by atoms with Gasteiger partial charge in [-0.25, -0.2) is 0 Å². The van der Waals surface area contributed by atoms with Gasteiger partial charge in [0.2, 0.25) is 0 Å². The topological polar surface area (TPSA) is 50.7 Å². The minimum absolute atomic E-state index is 0.627. The van der Waals surface area contributed by atoms with Gasteiger partial charge in [0.25, 0.3) is 0 Å². The Labute approximate surface area is 123 Å². The molecule has 3 aromatic carbocycles. The number of benzene rings is 3. The van der Waals surface area contributed by atoms with Gasteiger partial charge in [-0.1, -0.05) is 54.6 Å². The predicted molar refractivity (Wildman–Crippen MR) is 86.9 cm³/mol. The molecule has 0 spiro atoms. The molecular weight excluding hydrogens is 258 g/mol. The van der Waals surface area contributed by atoms with Crippen LogP contribution < -0.4 is 5.73 Å². The maximum absolute atomic E-state index is 5.83. The minimum atomic E-state index is 0.627. The summed E-state index contributed by atoms with van der Waals surface area (Å²) in [5, 5.41) is 8.40. The number of nitrogen functional groups attached to an aromatic ring is 1. The van der Waals surface area contributed by atoms with E-state index in [1.807, 2.05) is 66.7 Å². The largest absolute Gasteiger partial charge is 0.397 e. The minimum Gasteiger partial charge on any atom is -0.397 e. The maximum atomic E-state index is 5.83. The quantitative estimate of drug-likeness (QED) is 0.507. The second kappa shape index (κ2) is 6.01. The van der Waals surface area contributed by atoms with Crippen LogP contribution in [-0.2, 0) is 0 Å². The van der Waals surface area contributed by atoms with Crippen molar-refractivity contribution in [2.75, 3.05) is 5.73 Å². The van der Waals surface area contributed by atoms with Gasteiger partial charge < -0.3 is 5.73 Å². The van der Waals surface area contributed by atoms with E-state index in [1.54, 1.807) is 0 Å². The Balaban J connectivity index is 1.81. The summed E-state index contributed by atoms with van der Waals surface area (Å²) in [6.45, 7) is 0. The highest BCUT2D eigenvalue weighted by Crippen LogP contribution is 2.26. The number of nitrogens with zero attached hydrogens (tertiary/aromatic N) is 2. The van der Waals surface area contributed by atoms with Crippen LogP contribution in [0.15, 0.2) is 89.1 Å². The molecular formula is C18H15N3. The molecule has 21 heavy (non-hydrogen) atoms. The van der Waals surface area contributed by atoms with Gasteiger partial charge in [0.15, 0.2) is 0 Å². The van der Waals surface area contributed by atoms with Crippen molar-refractivity contribution in [1.82, 2.24) is 0 Å². The highest BCUT2D eigenvalue weighted by atomic mass is 15.1. The van der Waals surface area contributed by atoms with E-state index in [-0.39, 0.29) is 0 Å². The van der Waals surface area contributed by atoms with Crippen molar-refractivity contribution in [3.8, 4) is 11.1 Å². The summed E-state index contributed by atoms with van der Waals surface area (Å²) in [4.78, 5) is 0. The molecule has 0 aliphatic rings. The van der Waals surface area contributed by atoms with Gasteiger partial charge in [-0.15, -0.1) is 5.11 Å². The molecule has 0 heterocycles. The number of hydrogen-bond acceptors (Lipinski definition) is 3. The molecule has 0 radical (unpaired) electrons. The van der Waals surface area contributed by atoms with Crippen molar-refractivity contribution >= 4 is 17.1 Å². The van der Waals surface area contributed by atoms with Crippen LogP contribution in [0.5, 0.6) is 0 Å². The number of para-hydroxylation sites is 1. The molecule has 102 valence electrons. The molecule has 3 rings (SSSR count). The normalized spacial score (nSPS) is 10.9. The van der Waals surface area contributed by atoms with Gasteiger partial charge in [-0.3, -0.25) is 0 Å². The molecule has 0 fully saturated rings. The fourth-order valence-corrected chi connectivity index (χ4v) is 2.04. The van der Waals surface area contributed by atoms with E-state index in [2.05, 4.69) is 22.4 Å². The first-order valence-corrected chi connectivity index (χ1v) is 6.75. The van der Waals surface area contributed by atoms with E-state index in [4.69, 9.17) is 5.73 Å². The van der Waals surface area contributed by atoms with Crippen molar-refractivity contribution < 1.29 is 0 Å². The van der Waals surface area contributed by atoms with E-state index in [0.29, 0.717) is 11.4 Å². The molecule has 0 amide bonds. The molecule has 3 aromatic rings. The van der Waals surface area contributed by atoms with Crippen LogP contribution in [0.3, 0.4) is 0 Å². The second-order valence-electron chi connectivity index (χ2n) is 4.67. The fourth-order valence-electron chi connectivity index (χ4n) is 2.04. The Hall–Kier alpha value is -2.94. The molecule has 3 nitrogen and oxygen atoms in total. The molecule has 0 aliphatic heterocycles. The highest BCUT2D eigenvalue weighted by molar-refractivity contribution is 5.65. The lowest BCUT2D eigenvalue weighted by Crippen LogP contribution is -1.82. The smallest absolute Gasteiger partial charge is 0.109 e. The fraction of sp³-hybridized carbons (Fsp3) is 0. The van der Waals surface area contributed by atoms with Crippen molar-refractivity contribution in [3.63, 3.8) is 0 Å². The van der Waals surface area contributed by atoms with Crippen LogP contribution in [0.25, 0.3) is 11.1 Å². The summed E-state index contributed by atoms with van der Waals surface area (Å²) in [5.41, 5.74) is 10.3. The Bertz CT molecular complexity index is 747. The zero-order valence-electron chi connectivity index (χ0n) is 11.5. The second-order valence-corrected chi connectivity index (χ2v) is 4.67. The first-order chi connectivity index (χ1) is 10.3. The third-order valence-electron chi connectivity index (χ3n) is 3.18. The highest BCUT2D eigenvalue weighted by Gasteiger charge is 1.98. The first kappa shape index (κ1) is 13.1. The molecule has 0 atom stereocenters. The lowest BCUT2D eigenvalue weighted by atomic mass is 10.1. The lowest BCUT2D eigenvalue weighted by molar-refractivity contribution is 1.23. The Morgan fingerprint density at radius 2 is 1.19 bits per heavy atom. The number of hydrogen-bond donors (Lipinski definition) is 1. The summed E-state index contributed by atoms with van der Waals surface area (Å²) in [5.74, 6) is 0. The molecule has 3 heteroatoms. The number of rotatable bonds is 3. The average molecular weight is 273 g/mol. The Morgan fingerprint density at radius 1 is 0.571 bits per heavy atom. The molecule has 0 aliphatic carbocycles. The standard InChI is InChI=1S/C18H15N3/c19-17-8-4-5-9-18(17)21-20-16-12-10-15(11-13-16)14-6-2-1-3-7-14/h1-13H,19H2. The SMILES string of the molecule is Nc1ccccc1N=Nc1ccc(-c2ccccc2)cc1. The lowest BCUT2D eigenvalue weighted by Gasteiger charge is -2.01. The number of anilines is 1. The van der Waals surface area contributed by atoms with Gasteiger partial charge >= 0.3 is 0 Å².